The Hall–Kier alpha value is -2.89. The third-order valence-corrected chi connectivity index (χ3v) is 3.70. The number of nitrogens with zero attached hydrogens (tertiary/aromatic N) is 2. The number of imidazole rings is 1. The number of H-pyrrole nitrogens is 1. The van der Waals surface area contributed by atoms with E-state index in [2.05, 4.69) is 20.4 Å². The van der Waals surface area contributed by atoms with Gasteiger partial charge in [0.25, 0.3) is 5.91 Å². The second-order valence-electron chi connectivity index (χ2n) is 5.21. The number of hydrogen-bond acceptors (Lipinski definition) is 4. The van der Waals surface area contributed by atoms with Gasteiger partial charge in [-0.2, -0.15) is 0 Å². The highest BCUT2D eigenvalue weighted by Crippen LogP contribution is 2.25. The minimum atomic E-state index is -0.141. The highest BCUT2D eigenvalue weighted by Gasteiger charge is 2.22. The Labute approximate surface area is 126 Å². The van der Waals surface area contributed by atoms with Gasteiger partial charge in [-0.3, -0.25) is 4.79 Å². The summed E-state index contributed by atoms with van der Waals surface area (Å²) in [5.41, 5.74) is 3.02. The first kappa shape index (κ1) is 12.8. The molecule has 0 spiro atoms. The second-order valence-corrected chi connectivity index (χ2v) is 5.21. The molecule has 1 amide bonds. The summed E-state index contributed by atoms with van der Waals surface area (Å²) in [6.45, 7) is 0.679. The summed E-state index contributed by atoms with van der Waals surface area (Å²) in [5, 5.41) is 6.90. The van der Waals surface area contributed by atoms with E-state index in [1.54, 1.807) is 0 Å². The Balaban J connectivity index is 1.70. The zero-order chi connectivity index (χ0) is 14.9. The van der Waals surface area contributed by atoms with Gasteiger partial charge in [0.05, 0.1) is 0 Å². The molecule has 6 heteroatoms. The van der Waals surface area contributed by atoms with Crippen LogP contribution in [-0.2, 0) is 6.42 Å². The summed E-state index contributed by atoms with van der Waals surface area (Å²) in [7, 11) is 0. The molecule has 4 rings (SSSR count). The van der Waals surface area contributed by atoms with E-state index in [0.717, 1.165) is 29.8 Å². The molecular formula is C16H14N4O2. The molecule has 0 bridgehead atoms. The Kier molecular flexibility index (Phi) is 3.00. The van der Waals surface area contributed by atoms with Crippen molar-refractivity contribution >= 4 is 5.91 Å². The lowest BCUT2D eigenvalue weighted by molar-refractivity contribution is 0.0951. The molecule has 1 aliphatic heterocycles. The van der Waals surface area contributed by atoms with Crippen molar-refractivity contribution < 1.29 is 9.32 Å². The van der Waals surface area contributed by atoms with E-state index in [0.29, 0.717) is 23.8 Å². The predicted molar refractivity (Wildman–Crippen MR) is 80.2 cm³/mol. The standard InChI is InChI=1S/C16H14N4O2/c21-16-14-11(7-4-8-17-16)18-15(19-14)13-9-12(20-22-13)10-5-2-1-3-6-10/h1-3,5-6,9H,4,7-8H2,(H,17,21)(H,18,19). The molecule has 3 heterocycles. The van der Waals surface area contributed by atoms with Crippen molar-refractivity contribution in [1.29, 1.82) is 0 Å². The van der Waals surface area contributed by atoms with Gasteiger partial charge >= 0.3 is 0 Å². The number of nitrogens with one attached hydrogen (secondary N) is 2. The minimum Gasteiger partial charge on any atom is -0.352 e. The molecule has 6 nitrogen and oxygen atoms in total. The monoisotopic (exact) mass is 294 g/mol. The fraction of sp³-hybridized carbons (Fsp3) is 0.188. The molecule has 0 unspecified atom stereocenters. The number of carbonyl (C=O) groups is 1. The number of aromatic amines is 1. The van der Waals surface area contributed by atoms with E-state index in [1.807, 2.05) is 36.4 Å². The lowest BCUT2D eigenvalue weighted by atomic mass is 10.1. The molecule has 1 aromatic carbocycles. The number of aryl methyl sites for hydroxylation is 1. The average Bonchev–Trinajstić information content (AvgIpc) is 3.16. The molecular weight excluding hydrogens is 280 g/mol. The van der Waals surface area contributed by atoms with Gasteiger partial charge in [-0.15, -0.1) is 0 Å². The Morgan fingerprint density at radius 1 is 1.18 bits per heavy atom. The van der Waals surface area contributed by atoms with E-state index < -0.39 is 0 Å². The third kappa shape index (κ3) is 2.18. The molecule has 0 aliphatic carbocycles. The van der Waals surface area contributed by atoms with Crippen LogP contribution in [-0.4, -0.2) is 27.6 Å². The zero-order valence-corrected chi connectivity index (χ0v) is 11.8. The fourth-order valence-electron chi connectivity index (χ4n) is 2.58. The molecule has 0 fully saturated rings. The first-order valence-electron chi connectivity index (χ1n) is 7.21. The Morgan fingerprint density at radius 3 is 2.91 bits per heavy atom. The lowest BCUT2D eigenvalue weighted by Crippen LogP contribution is -2.23. The average molecular weight is 294 g/mol. The van der Waals surface area contributed by atoms with Crippen LogP contribution in [0.15, 0.2) is 40.9 Å². The molecule has 0 radical (unpaired) electrons. The number of hydrogen-bond donors (Lipinski definition) is 2. The SMILES string of the molecule is O=C1NCCCc2[nH]c(-c3cc(-c4ccccc4)no3)nc21. The van der Waals surface area contributed by atoms with Crippen molar-refractivity contribution in [3.8, 4) is 22.8 Å². The van der Waals surface area contributed by atoms with E-state index >= 15 is 0 Å². The largest absolute Gasteiger partial charge is 0.352 e. The van der Waals surface area contributed by atoms with Crippen LogP contribution < -0.4 is 5.32 Å². The number of benzene rings is 1. The molecule has 3 aromatic rings. The quantitative estimate of drug-likeness (QED) is 0.760. The van der Waals surface area contributed by atoms with Crippen molar-refractivity contribution in [1.82, 2.24) is 20.4 Å². The number of aromatic nitrogens is 3. The van der Waals surface area contributed by atoms with Crippen LogP contribution in [0, 0.1) is 0 Å². The van der Waals surface area contributed by atoms with E-state index in [9.17, 15) is 4.79 Å². The number of rotatable bonds is 2. The van der Waals surface area contributed by atoms with Gasteiger partial charge in [-0.05, 0) is 12.8 Å². The summed E-state index contributed by atoms with van der Waals surface area (Å²) < 4.78 is 5.37. The molecule has 0 saturated heterocycles. The lowest BCUT2D eigenvalue weighted by Gasteiger charge is -1.95. The van der Waals surface area contributed by atoms with Crippen molar-refractivity contribution in [2.75, 3.05) is 6.54 Å². The molecule has 22 heavy (non-hydrogen) atoms. The Morgan fingerprint density at radius 2 is 2.05 bits per heavy atom. The van der Waals surface area contributed by atoms with Gasteiger partial charge in [0.2, 0.25) is 5.76 Å². The van der Waals surface area contributed by atoms with E-state index in [-0.39, 0.29) is 5.91 Å². The fourth-order valence-corrected chi connectivity index (χ4v) is 2.58. The molecule has 0 saturated carbocycles. The molecule has 1 aliphatic rings. The van der Waals surface area contributed by atoms with Crippen molar-refractivity contribution in [2.24, 2.45) is 0 Å². The zero-order valence-electron chi connectivity index (χ0n) is 11.8. The van der Waals surface area contributed by atoms with E-state index in [4.69, 9.17) is 4.52 Å². The topological polar surface area (TPSA) is 83.8 Å². The maximum absolute atomic E-state index is 11.9. The van der Waals surface area contributed by atoms with Crippen LogP contribution in [0.2, 0.25) is 0 Å². The maximum Gasteiger partial charge on any atom is 0.271 e. The van der Waals surface area contributed by atoms with E-state index in [1.165, 1.54) is 0 Å². The molecule has 0 atom stereocenters. The van der Waals surface area contributed by atoms with Crippen molar-refractivity contribution in [3.63, 3.8) is 0 Å². The normalized spacial score (nSPS) is 14.3. The number of carbonyl (C=O) groups excluding carboxylic acids is 1. The molecule has 110 valence electrons. The van der Waals surface area contributed by atoms with Crippen molar-refractivity contribution in [2.45, 2.75) is 12.8 Å². The summed E-state index contributed by atoms with van der Waals surface area (Å²) in [5.74, 6) is 0.925. The summed E-state index contributed by atoms with van der Waals surface area (Å²) in [6.07, 6.45) is 1.69. The van der Waals surface area contributed by atoms with Crippen LogP contribution in [0.5, 0.6) is 0 Å². The molecule has 2 N–H and O–H groups in total. The number of fused-ring (bicyclic) bond motifs is 1. The first-order valence-corrected chi connectivity index (χ1v) is 7.21. The maximum atomic E-state index is 11.9. The minimum absolute atomic E-state index is 0.141. The van der Waals surface area contributed by atoms with Gasteiger partial charge < -0.3 is 14.8 Å². The van der Waals surface area contributed by atoms with Gasteiger partial charge in [-0.25, -0.2) is 4.98 Å². The van der Waals surface area contributed by atoms with Gasteiger partial charge in [-0.1, -0.05) is 35.5 Å². The Bertz CT molecular complexity index is 820. The van der Waals surface area contributed by atoms with Crippen LogP contribution >= 0.6 is 0 Å². The van der Waals surface area contributed by atoms with Crippen molar-refractivity contribution in [3.05, 3.63) is 47.8 Å². The van der Waals surface area contributed by atoms with Gasteiger partial charge in [0.15, 0.2) is 5.82 Å². The van der Waals surface area contributed by atoms with Crippen LogP contribution in [0.25, 0.3) is 22.8 Å². The van der Waals surface area contributed by atoms with Crippen LogP contribution in [0.1, 0.15) is 22.6 Å². The first-order chi connectivity index (χ1) is 10.8. The van der Waals surface area contributed by atoms with Gasteiger partial charge in [0.1, 0.15) is 11.4 Å². The summed E-state index contributed by atoms with van der Waals surface area (Å²) >= 11 is 0. The predicted octanol–water partition coefficient (Wildman–Crippen LogP) is 2.41. The molecule has 2 aromatic heterocycles. The second kappa shape index (κ2) is 5.14. The van der Waals surface area contributed by atoms with Crippen LogP contribution in [0.3, 0.4) is 0 Å². The van der Waals surface area contributed by atoms with Gasteiger partial charge in [0, 0.05) is 23.9 Å². The van der Waals surface area contributed by atoms with Crippen LogP contribution in [0.4, 0.5) is 0 Å². The smallest absolute Gasteiger partial charge is 0.271 e. The summed E-state index contributed by atoms with van der Waals surface area (Å²) in [4.78, 5) is 19.5. The number of amides is 1. The highest BCUT2D eigenvalue weighted by molar-refractivity contribution is 5.94. The highest BCUT2D eigenvalue weighted by atomic mass is 16.5. The third-order valence-electron chi connectivity index (χ3n) is 3.70. The summed E-state index contributed by atoms with van der Waals surface area (Å²) in [6, 6.07) is 11.6.